The highest BCUT2D eigenvalue weighted by Gasteiger charge is 2.46. The number of halogens is 3. The van der Waals surface area contributed by atoms with Gasteiger partial charge in [0.25, 0.3) is 0 Å². The van der Waals surface area contributed by atoms with Gasteiger partial charge in [-0.25, -0.2) is 0 Å². The normalized spacial score (nSPS) is 16.5. The summed E-state index contributed by atoms with van der Waals surface area (Å²) in [5, 5.41) is 0. The van der Waals surface area contributed by atoms with Crippen LogP contribution in [0.1, 0.15) is 34.1 Å². The molecule has 2 N–H and O–H groups in total. The van der Waals surface area contributed by atoms with Crippen LogP contribution < -0.4 is 5.73 Å². The fourth-order valence-corrected chi connectivity index (χ4v) is 1.49. The molecule has 2 atom stereocenters. The van der Waals surface area contributed by atoms with Crippen LogP contribution in [0.25, 0.3) is 0 Å². The highest BCUT2D eigenvalue weighted by molar-refractivity contribution is 5.73. The molecule has 17 heavy (non-hydrogen) atoms. The molecule has 3 nitrogen and oxygen atoms in total. The summed E-state index contributed by atoms with van der Waals surface area (Å²) in [6.45, 7) is 6.85. The second-order valence-corrected chi connectivity index (χ2v) is 5.19. The molecule has 0 aromatic rings. The molecular weight excluding hydrogens is 235 g/mol. The van der Waals surface area contributed by atoms with Crippen LogP contribution in [0.2, 0.25) is 0 Å². The van der Waals surface area contributed by atoms with E-state index in [1.807, 2.05) is 0 Å². The maximum Gasteiger partial charge on any atom is 0.404 e. The maximum absolute atomic E-state index is 12.5. The van der Waals surface area contributed by atoms with E-state index in [1.54, 1.807) is 27.7 Å². The Labute approximate surface area is 99.5 Å². The largest absolute Gasteiger partial charge is 0.466 e. The summed E-state index contributed by atoms with van der Waals surface area (Å²) >= 11 is 0. The molecule has 0 aliphatic rings. The minimum Gasteiger partial charge on any atom is -0.466 e. The Hall–Kier alpha value is -0.780. The minimum absolute atomic E-state index is 0.0342. The molecule has 102 valence electrons. The molecule has 0 rings (SSSR count). The number of esters is 1. The van der Waals surface area contributed by atoms with Gasteiger partial charge in [-0.2, -0.15) is 13.2 Å². The first kappa shape index (κ1) is 16.2. The third kappa shape index (κ3) is 5.91. The van der Waals surface area contributed by atoms with Crippen LogP contribution >= 0.6 is 0 Å². The van der Waals surface area contributed by atoms with Crippen molar-refractivity contribution in [2.24, 2.45) is 17.1 Å². The van der Waals surface area contributed by atoms with E-state index < -0.39 is 29.5 Å². The van der Waals surface area contributed by atoms with Gasteiger partial charge in [0.15, 0.2) is 0 Å². The summed E-state index contributed by atoms with van der Waals surface area (Å²) in [7, 11) is 0. The Bertz CT molecular complexity index is 258. The number of alkyl halides is 3. The van der Waals surface area contributed by atoms with Gasteiger partial charge < -0.3 is 10.5 Å². The van der Waals surface area contributed by atoms with Crippen molar-refractivity contribution in [3.63, 3.8) is 0 Å². The standard InChI is InChI=1S/C11H20F3NO2/c1-5-17-9(16)7(6-10(2,3)4)8(15)11(12,13)14/h7-8H,5-6,15H2,1-4H3/t7-,8-/m1/s1. The molecule has 0 aromatic heterocycles. The van der Waals surface area contributed by atoms with Crippen LogP contribution in [0.5, 0.6) is 0 Å². The molecule has 0 heterocycles. The Morgan fingerprint density at radius 3 is 2.06 bits per heavy atom. The summed E-state index contributed by atoms with van der Waals surface area (Å²) in [4.78, 5) is 11.5. The second-order valence-electron chi connectivity index (χ2n) is 5.19. The molecule has 0 radical (unpaired) electrons. The van der Waals surface area contributed by atoms with E-state index in [0.29, 0.717) is 0 Å². The molecule has 0 amide bonds. The van der Waals surface area contributed by atoms with Crippen molar-refractivity contribution in [2.45, 2.75) is 46.3 Å². The van der Waals surface area contributed by atoms with Gasteiger partial charge in [0.2, 0.25) is 0 Å². The van der Waals surface area contributed by atoms with Gasteiger partial charge in [-0.1, -0.05) is 20.8 Å². The average Bonchev–Trinajstić information content (AvgIpc) is 2.10. The summed E-state index contributed by atoms with van der Waals surface area (Å²) in [5.41, 5.74) is 4.68. The molecule has 0 aliphatic carbocycles. The zero-order chi connectivity index (χ0) is 13.9. The van der Waals surface area contributed by atoms with E-state index in [2.05, 4.69) is 4.74 Å². The Balaban J connectivity index is 4.92. The first-order chi connectivity index (χ1) is 7.49. The van der Waals surface area contributed by atoms with Crippen LogP contribution in [0.4, 0.5) is 13.2 Å². The lowest BCUT2D eigenvalue weighted by Gasteiger charge is -2.29. The fourth-order valence-electron chi connectivity index (χ4n) is 1.49. The third-order valence-corrected chi connectivity index (χ3v) is 2.23. The molecule has 0 spiro atoms. The van der Waals surface area contributed by atoms with Crippen molar-refractivity contribution < 1.29 is 22.7 Å². The lowest BCUT2D eigenvalue weighted by molar-refractivity contribution is -0.178. The van der Waals surface area contributed by atoms with Gasteiger partial charge in [-0.15, -0.1) is 0 Å². The number of ether oxygens (including phenoxy) is 1. The molecule has 0 bridgehead atoms. The molecule has 0 aromatic carbocycles. The van der Waals surface area contributed by atoms with Crippen LogP contribution in [-0.4, -0.2) is 24.8 Å². The first-order valence-electron chi connectivity index (χ1n) is 5.48. The van der Waals surface area contributed by atoms with E-state index in [4.69, 9.17) is 5.73 Å². The average molecular weight is 255 g/mol. The van der Waals surface area contributed by atoms with Crippen molar-refractivity contribution in [2.75, 3.05) is 6.61 Å². The van der Waals surface area contributed by atoms with E-state index >= 15 is 0 Å². The number of hydrogen-bond acceptors (Lipinski definition) is 3. The monoisotopic (exact) mass is 255 g/mol. The fraction of sp³-hybridized carbons (Fsp3) is 0.909. The Morgan fingerprint density at radius 1 is 1.29 bits per heavy atom. The van der Waals surface area contributed by atoms with E-state index in [1.165, 1.54) is 0 Å². The summed E-state index contributed by atoms with van der Waals surface area (Å²) < 4.78 is 42.3. The van der Waals surface area contributed by atoms with E-state index in [0.717, 1.165) is 0 Å². The van der Waals surface area contributed by atoms with Gasteiger partial charge in [0, 0.05) is 0 Å². The molecule has 0 unspecified atom stereocenters. The SMILES string of the molecule is CCOC(=O)[C@H](CC(C)(C)C)[C@@H](N)C(F)(F)F. The number of carbonyl (C=O) groups excluding carboxylic acids is 1. The van der Waals surface area contributed by atoms with Crippen molar-refractivity contribution in [3.05, 3.63) is 0 Å². The predicted molar refractivity (Wildman–Crippen MR) is 58.2 cm³/mol. The minimum atomic E-state index is -4.59. The smallest absolute Gasteiger partial charge is 0.404 e. The summed E-state index contributed by atoms with van der Waals surface area (Å²) in [5.74, 6) is -2.23. The number of carbonyl (C=O) groups is 1. The second kappa shape index (κ2) is 5.71. The summed E-state index contributed by atoms with van der Waals surface area (Å²) in [6, 6.07) is -2.18. The van der Waals surface area contributed by atoms with Crippen molar-refractivity contribution in [1.29, 1.82) is 0 Å². The van der Waals surface area contributed by atoms with Crippen LogP contribution in [0.15, 0.2) is 0 Å². The van der Waals surface area contributed by atoms with Gasteiger partial charge in [-0.05, 0) is 18.8 Å². The summed E-state index contributed by atoms with van der Waals surface area (Å²) in [6.07, 6.45) is -4.56. The zero-order valence-electron chi connectivity index (χ0n) is 10.6. The topological polar surface area (TPSA) is 52.3 Å². The molecule has 0 saturated heterocycles. The first-order valence-corrected chi connectivity index (χ1v) is 5.48. The number of hydrogen-bond donors (Lipinski definition) is 1. The van der Waals surface area contributed by atoms with E-state index in [9.17, 15) is 18.0 Å². The van der Waals surface area contributed by atoms with Gasteiger partial charge in [0.1, 0.15) is 6.04 Å². The lowest BCUT2D eigenvalue weighted by atomic mass is 9.81. The third-order valence-electron chi connectivity index (χ3n) is 2.23. The van der Waals surface area contributed by atoms with Crippen LogP contribution in [0, 0.1) is 11.3 Å². The van der Waals surface area contributed by atoms with Crippen molar-refractivity contribution in [1.82, 2.24) is 0 Å². The molecule has 0 saturated carbocycles. The van der Waals surface area contributed by atoms with Crippen LogP contribution in [0.3, 0.4) is 0 Å². The van der Waals surface area contributed by atoms with E-state index in [-0.39, 0.29) is 13.0 Å². The zero-order valence-corrected chi connectivity index (χ0v) is 10.6. The maximum atomic E-state index is 12.5. The molecule has 0 fully saturated rings. The Kier molecular flexibility index (Phi) is 5.45. The van der Waals surface area contributed by atoms with Crippen LogP contribution in [-0.2, 0) is 9.53 Å². The quantitative estimate of drug-likeness (QED) is 0.785. The predicted octanol–water partition coefficient (Wildman–Crippen LogP) is 2.49. The molecule has 0 aliphatic heterocycles. The number of nitrogens with two attached hydrogens (primary N) is 1. The Morgan fingerprint density at radius 2 is 1.76 bits per heavy atom. The number of rotatable bonds is 4. The highest BCUT2D eigenvalue weighted by Crippen LogP contribution is 2.32. The lowest BCUT2D eigenvalue weighted by Crippen LogP contribution is -2.48. The van der Waals surface area contributed by atoms with Gasteiger partial charge >= 0.3 is 12.1 Å². The molecule has 6 heteroatoms. The van der Waals surface area contributed by atoms with Crippen molar-refractivity contribution >= 4 is 5.97 Å². The van der Waals surface area contributed by atoms with Gasteiger partial charge in [-0.3, -0.25) is 4.79 Å². The van der Waals surface area contributed by atoms with Crippen molar-refractivity contribution in [3.8, 4) is 0 Å². The highest BCUT2D eigenvalue weighted by atomic mass is 19.4. The molecular formula is C11H20F3NO2. The van der Waals surface area contributed by atoms with Gasteiger partial charge in [0.05, 0.1) is 12.5 Å².